The molecule has 1 fully saturated rings. The van der Waals surface area contributed by atoms with E-state index in [2.05, 4.69) is 0 Å². The zero-order chi connectivity index (χ0) is 9.47. The monoisotopic (exact) mass is 179 g/mol. The van der Waals surface area contributed by atoms with Crippen molar-refractivity contribution in [3.05, 3.63) is 35.1 Å². The minimum absolute atomic E-state index is 0.0292. The lowest BCUT2D eigenvalue weighted by Crippen LogP contribution is -2.25. The van der Waals surface area contributed by atoms with Crippen LogP contribution in [0.25, 0.3) is 0 Å². The summed E-state index contributed by atoms with van der Waals surface area (Å²) in [5.74, 6) is -0.123. The molecule has 1 aromatic rings. The van der Waals surface area contributed by atoms with E-state index in [0.29, 0.717) is 0 Å². The van der Waals surface area contributed by atoms with Crippen molar-refractivity contribution in [3.8, 4) is 0 Å². The van der Waals surface area contributed by atoms with Gasteiger partial charge in [0.2, 0.25) is 0 Å². The van der Waals surface area contributed by atoms with Crippen LogP contribution >= 0.6 is 0 Å². The third kappa shape index (κ3) is 1.73. The lowest BCUT2D eigenvalue weighted by molar-refractivity contribution is 0.607. The van der Waals surface area contributed by atoms with Crippen LogP contribution in [0.3, 0.4) is 0 Å². The van der Waals surface area contributed by atoms with E-state index in [9.17, 15) is 4.39 Å². The molecule has 0 radical (unpaired) electrons. The normalized spacial score (nSPS) is 18.7. The summed E-state index contributed by atoms with van der Waals surface area (Å²) in [7, 11) is 0. The van der Waals surface area contributed by atoms with Gasteiger partial charge in [-0.25, -0.2) is 4.39 Å². The van der Waals surface area contributed by atoms with Crippen LogP contribution < -0.4 is 5.73 Å². The molecule has 1 aliphatic carbocycles. The molecule has 1 nitrogen and oxygen atoms in total. The Balaban J connectivity index is 2.25. The summed E-state index contributed by atoms with van der Waals surface area (Å²) >= 11 is 0. The Bertz CT molecular complexity index is 329. The minimum atomic E-state index is -0.123. The van der Waals surface area contributed by atoms with E-state index >= 15 is 0 Å². The molecule has 1 aromatic carbocycles. The Hall–Kier alpha value is -0.890. The third-order valence-electron chi connectivity index (χ3n) is 2.81. The second kappa shape index (κ2) is 2.81. The average molecular weight is 179 g/mol. The Labute approximate surface area is 77.8 Å². The van der Waals surface area contributed by atoms with Crippen molar-refractivity contribution in [1.82, 2.24) is 0 Å². The van der Waals surface area contributed by atoms with Crippen molar-refractivity contribution in [3.63, 3.8) is 0 Å². The highest BCUT2D eigenvalue weighted by Gasteiger charge is 2.38. The second-order valence-electron chi connectivity index (χ2n) is 4.06. The quantitative estimate of drug-likeness (QED) is 0.739. The van der Waals surface area contributed by atoms with Crippen LogP contribution in [0.5, 0.6) is 0 Å². The van der Waals surface area contributed by atoms with Gasteiger partial charge in [-0.1, -0.05) is 12.1 Å². The molecule has 0 bridgehead atoms. The molecule has 2 rings (SSSR count). The highest BCUT2D eigenvalue weighted by Crippen LogP contribution is 2.36. The van der Waals surface area contributed by atoms with Crippen LogP contribution in [-0.2, 0) is 6.42 Å². The lowest BCUT2D eigenvalue weighted by atomic mass is 10.00. The van der Waals surface area contributed by atoms with E-state index in [-0.39, 0.29) is 11.4 Å². The molecule has 0 atom stereocenters. The number of benzene rings is 1. The van der Waals surface area contributed by atoms with Crippen LogP contribution in [0.2, 0.25) is 0 Å². The maximum Gasteiger partial charge on any atom is 0.126 e. The molecule has 0 aliphatic heterocycles. The molecule has 1 aliphatic rings. The van der Waals surface area contributed by atoms with Gasteiger partial charge in [-0.15, -0.1) is 0 Å². The first-order valence-electron chi connectivity index (χ1n) is 4.64. The molecule has 70 valence electrons. The molecular formula is C11H14FN. The second-order valence-corrected chi connectivity index (χ2v) is 4.06. The first-order chi connectivity index (χ1) is 6.11. The molecule has 2 heteroatoms. The summed E-state index contributed by atoms with van der Waals surface area (Å²) in [5.41, 5.74) is 7.75. The third-order valence-corrected chi connectivity index (χ3v) is 2.81. The topological polar surface area (TPSA) is 26.0 Å². The standard InChI is InChI=1S/C11H14FN/c1-8-9(3-2-4-10(8)12)7-11(13)5-6-11/h2-4H,5-7,13H2,1H3. The molecule has 0 unspecified atom stereocenters. The summed E-state index contributed by atoms with van der Waals surface area (Å²) in [5, 5.41) is 0. The van der Waals surface area contributed by atoms with E-state index in [1.54, 1.807) is 6.07 Å². The largest absolute Gasteiger partial charge is 0.325 e. The molecular weight excluding hydrogens is 165 g/mol. The average Bonchev–Trinajstić information content (AvgIpc) is 2.78. The van der Waals surface area contributed by atoms with Gasteiger partial charge in [-0.05, 0) is 43.4 Å². The molecule has 0 aromatic heterocycles. The summed E-state index contributed by atoms with van der Waals surface area (Å²) in [4.78, 5) is 0. The van der Waals surface area contributed by atoms with E-state index in [1.165, 1.54) is 6.07 Å². The van der Waals surface area contributed by atoms with E-state index < -0.39 is 0 Å². The van der Waals surface area contributed by atoms with Gasteiger partial charge >= 0.3 is 0 Å². The van der Waals surface area contributed by atoms with Crippen molar-refractivity contribution in [2.75, 3.05) is 0 Å². The fourth-order valence-electron chi connectivity index (χ4n) is 1.56. The van der Waals surface area contributed by atoms with Gasteiger partial charge in [0.05, 0.1) is 0 Å². The molecule has 0 saturated heterocycles. The van der Waals surface area contributed by atoms with Gasteiger partial charge in [-0.3, -0.25) is 0 Å². The van der Waals surface area contributed by atoms with Gasteiger partial charge in [0.15, 0.2) is 0 Å². The molecule has 0 heterocycles. The van der Waals surface area contributed by atoms with Crippen LogP contribution in [0.15, 0.2) is 18.2 Å². The van der Waals surface area contributed by atoms with Crippen molar-refractivity contribution in [1.29, 1.82) is 0 Å². The van der Waals surface area contributed by atoms with Crippen molar-refractivity contribution >= 4 is 0 Å². The predicted molar refractivity (Wildman–Crippen MR) is 51.0 cm³/mol. The Kier molecular flexibility index (Phi) is 1.88. The van der Waals surface area contributed by atoms with Gasteiger partial charge in [0, 0.05) is 5.54 Å². The molecule has 0 amide bonds. The highest BCUT2D eigenvalue weighted by molar-refractivity contribution is 5.30. The van der Waals surface area contributed by atoms with Gasteiger partial charge < -0.3 is 5.73 Å². The zero-order valence-electron chi connectivity index (χ0n) is 7.81. The lowest BCUT2D eigenvalue weighted by Gasteiger charge is -2.11. The van der Waals surface area contributed by atoms with Crippen molar-refractivity contribution in [2.24, 2.45) is 5.73 Å². The first kappa shape index (κ1) is 8.70. The first-order valence-corrected chi connectivity index (χ1v) is 4.64. The summed E-state index contributed by atoms with van der Waals surface area (Å²) in [6.45, 7) is 1.82. The van der Waals surface area contributed by atoms with Crippen LogP contribution in [0.1, 0.15) is 24.0 Å². The Morgan fingerprint density at radius 3 is 2.77 bits per heavy atom. The van der Waals surface area contributed by atoms with E-state index in [1.807, 2.05) is 13.0 Å². The summed E-state index contributed by atoms with van der Waals surface area (Å²) in [6.07, 6.45) is 2.96. The number of rotatable bonds is 2. The van der Waals surface area contributed by atoms with Crippen molar-refractivity contribution in [2.45, 2.75) is 31.7 Å². The SMILES string of the molecule is Cc1c(F)cccc1CC1(N)CC1. The van der Waals surface area contributed by atoms with Crippen molar-refractivity contribution < 1.29 is 4.39 Å². The number of halogens is 1. The van der Waals surface area contributed by atoms with E-state index in [0.717, 1.165) is 30.4 Å². The summed E-state index contributed by atoms with van der Waals surface area (Å²) in [6, 6.07) is 5.21. The Morgan fingerprint density at radius 2 is 2.15 bits per heavy atom. The summed E-state index contributed by atoms with van der Waals surface area (Å²) < 4.78 is 13.1. The Morgan fingerprint density at radius 1 is 1.46 bits per heavy atom. The fourth-order valence-corrected chi connectivity index (χ4v) is 1.56. The van der Waals surface area contributed by atoms with Crippen LogP contribution in [0.4, 0.5) is 4.39 Å². The van der Waals surface area contributed by atoms with Gasteiger partial charge in [0.25, 0.3) is 0 Å². The molecule has 2 N–H and O–H groups in total. The smallest absolute Gasteiger partial charge is 0.126 e. The minimum Gasteiger partial charge on any atom is -0.325 e. The highest BCUT2D eigenvalue weighted by atomic mass is 19.1. The maximum atomic E-state index is 13.1. The van der Waals surface area contributed by atoms with Gasteiger partial charge in [-0.2, -0.15) is 0 Å². The maximum absolute atomic E-state index is 13.1. The predicted octanol–water partition coefficient (Wildman–Crippen LogP) is 2.17. The number of hydrogen-bond donors (Lipinski definition) is 1. The molecule has 1 saturated carbocycles. The zero-order valence-corrected chi connectivity index (χ0v) is 7.81. The molecule has 13 heavy (non-hydrogen) atoms. The van der Waals surface area contributed by atoms with Crippen LogP contribution in [-0.4, -0.2) is 5.54 Å². The van der Waals surface area contributed by atoms with E-state index in [4.69, 9.17) is 5.73 Å². The number of nitrogens with two attached hydrogens (primary N) is 1. The number of hydrogen-bond acceptors (Lipinski definition) is 1. The van der Waals surface area contributed by atoms with Gasteiger partial charge in [0.1, 0.15) is 5.82 Å². The fraction of sp³-hybridized carbons (Fsp3) is 0.455. The van der Waals surface area contributed by atoms with Crippen LogP contribution in [0, 0.1) is 12.7 Å². The molecule has 0 spiro atoms.